The SMILES string of the molecule is CC(C)n1nccc1NC(=O)c1ccc2c(c1)NC(=O)C2. The number of carbonyl (C=O) groups is 2. The van der Waals surface area contributed by atoms with Crippen molar-refractivity contribution < 1.29 is 9.59 Å². The first-order chi connectivity index (χ1) is 10.0. The van der Waals surface area contributed by atoms with Crippen LogP contribution in [-0.2, 0) is 11.2 Å². The molecule has 1 aliphatic rings. The van der Waals surface area contributed by atoms with Gasteiger partial charge in [0.25, 0.3) is 5.91 Å². The van der Waals surface area contributed by atoms with Crippen molar-refractivity contribution in [2.75, 3.05) is 10.6 Å². The van der Waals surface area contributed by atoms with Crippen molar-refractivity contribution >= 4 is 23.3 Å². The highest BCUT2D eigenvalue weighted by atomic mass is 16.2. The number of anilines is 2. The largest absolute Gasteiger partial charge is 0.326 e. The summed E-state index contributed by atoms with van der Waals surface area (Å²) in [6, 6.07) is 7.15. The predicted octanol–water partition coefficient (Wildman–Crippen LogP) is 2.21. The topological polar surface area (TPSA) is 76.0 Å². The molecule has 0 saturated carbocycles. The lowest BCUT2D eigenvalue weighted by molar-refractivity contribution is -0.115. The van der Waals surface area contributed by atoms with Crippen molar-refractivity contribution in [1.82, 2.24) is 9.78 Å². The van der Waals surface area contributed by atoms with Crippen molar-refractivity contribution in [3.8, 4) is 0 Å². The Kier molecular flexibility index (Phi) is 3.21. The molecule has 21 heavy (non-hydrogen) atoms. The van der Waals surface area contributed by atoms with E-state index in [4.69, 9.17) is 0 Å². The van der Waals surface area contributed by atoms with Crippen LogP contribution >= 0.6 is 0 Å². The second-order valence-electron chi connectivity index (χ2n) is 5.31. The van der Waals surface area contributed by atoms with Crippen LogP contribution in [0.2, 0.25) is 0 Å². The molecule has 0 bridgehead atoms. The van der Waals surface area contributed by atoms with Crippen molar-refractivity contribution in [2.24, 2.45) is 0 Å². The van der Waals surface area contributed by atoms with Gasteiger partial charge in [0.15, 0.2) is 0 Å². The van der Waals surface area contributed by atoms with Crippen molar-refractivity contribution in [1.29, 1.82) is 0 Å². The highest BCUT2D eigenvalue weighted by Crippen LogP contribution is 2.24. The summed E-state index contributed by atoms with van der Waals surface area (Å²) in [6.07, 6.45) is 2.02. The Morgan fingerprint density at radius 1 is 1.38 bits per heavy atom. The zero-order valence-corrected chi connectivity index (χ0v) is 11.9. The molecule has 3 rings (SSSR count). The average Bonchev–Trinajstić information content (AvgIpc) is 3.02. The summed E-state index contributed by atoms with van der Waals surface area (Å²) >= 11 is 0. The second kappa shape index (κ2) is 5.05. The highest BCUT2D eigenvalue weighted by Gasteiger charge is 2.19. The fourth-order valence-electron chi connectivity index (χ4n) is 2.37. The van der Waals surface area contributed by atoms with Gasteiger partial charge < -0.3 is 10.6 Å². The van der Waals surface area contributed by atoms with Gasteiger partial charge >= 0.3 is 0 Å². The van der Waals surface area contributed by atoms with E-state index in [9.17, 15) is 9.59 Å². The fourth-order valence-corrected chi connectivity index (χ4v) is 2.37. The summed E-state index contributed by atoms with van der Waals surface area (Å²) in [5, 5.41) is 9.76. The molecule has 0 unspecified atom stereocenters. The molecule has 0 spiro atoms. The maximum atomic E-state index is 12.3. The number of hydrogen-bond acceptors (Lipinski definition) is 3. The van der Waals surface area contributed by atoms with Crippen LogP contribution in [0, 0.1) is 0 Å². The Morgan fingerprint density at radius 2 is 2.19 bits per heavy atom. The molecule has 1 aromatic heterocycles. The molecule has 0 fully saturated rings. The van der Waals surface area contributed by atoms with Crippen LogP contribution in [0.4, 0.5) is 11.5 Å². The third-order valence-electron chi connectivity index (χ3n) is 3.40. The van der Waals surface area contributed by atoms with E-state index in [1.807, 2.05) is 19.9 Å². The fraction of sp³-hybridized carbons (Fsp3) is 0.267. The molecule has 1 aliphatic heterocycles. The average molecular weight is 284 g/mol. The first-order valence-corrected chi connectivity index (χ1v) is 6.82. The summed E-state index contributed by atoms with van der Waals surface area (Å²) in [5.74, 6) is 0.390. The van der Waals surface area contributed by atoms with Crippen molar-refractivity contribution in [2.45, 2.75) is 26.3 Å². The normalized spacial score (nSPS) is 13.2. The maximum absolute atomic E-state index is 12.3. The summed E-state index contributed by atoms with van der Waals surface area (Å²) in [5.41, 5.74) is 2.14. The lowest BCUT2D eigenvalue weighted by Crippen LogP contribution is -2.16. The zero-order chi connectivity index (χ0) is 15.0. The molecule has 2 heterocycles. The van der Waals surface area contributed by atoms with E-state index in [0.29, 0.717) is 23.5 Å². The highest BCUT2D eigenvalue weighted by molar-refractivity contribution is 6.06. The summed E-state index contributed by atoms with van der Waals surface area (Å²) in [4.78, 5) is 23.6. The number of rotatable bonds is 3. The lowest BCUT2D eigenvalue weighted by Gasteiger charge is -2.12. The van der Waals surface area contributed by atoms with E-state index in [0.717, 1.165) is 5.56 Å². The number of nitrogens with one attached hydrogen (secondary N) is 2. The van der Waals surface area contributed by atoms with Gasteiger partial charge in [-0.15, -0.1) is 0 Å². The molecule has 0 radical (unpaired) electrons. The van der Waals surface area contributed by atoms with Crippen LogP contribution in [0.25, 0.3) is 0 Å². The molecule has 6 heteroatoms. The molecular formula is C15H16N4O2. The molecule has 2 N–H and O–H groups in total. The first-order valence-electron chi connectivity index (χ1n) is 6.82. The van der Waals surface area contributed by atoms with Gasteiger partial charge in [0, 0.05) is 23.4 Å². The van der Waals surface area contributed by atoms with Crippen LogP contribution in [0.3, 0.4) is 0 Å². The number of hydrogen-bond donors (Lipinski definition) is 2. The van der Waals surface area contributed by atoms with E-state index in [2.05, 4.69) is 15.7 Å². The van der Waals surface area contributed by atoms with E-state index in [1.54, 1.807) is 29.1 Å². The Hall–Kier alpha value is -2.63. The van der Waals surface area contributed by atoms with Gasteiger partial charge in [0.1, 0.15) is 5.82 Å². The summed E-state index contributed by atoms with van der Waals surface area (Å²) in [6.45, 7) is 3.99. The zero-order valence-electron chi connectivity index (χ0n) is 11.9. The number of nitrogens with zero attached hydrogens (tertiary/aromatic N) is 2. The minimum Gasteiger partial charge on any atom is -0.326 e. The monoisotopic (exact) mass is 284 g/mol. The number of aromatic nitrogens is 2. The van der Waals surface area contributed by atoms with E-state index >= 15 is 0 Å². The van der Waals surface area contributed by atoms with E-state index in [-0.39, 0.29) is 17.9 Å². The molecule has 1 aromatic carbocycles. The predicted molar refractivity (Wildman–Crippen MR) is 79.3 cm³/mol. The van der Waals surface area contributed by atoms with Gasteiger partial charge in [0.05, 0.1) is 12.6 Å². The van der Waals surface area contributed by atoms with Gasteiger partial charge in [-0.3, -0.25) is 9.59 Å². The third-order valence-corrected chi connectivity index (χ3v) is 3.40. The Bertz CT molecular complexity index is 718. The van der Waals surface area contributed by atoms with Crippen molar-refractivity contribution in [3.63, 3.8) is 0 Å². The van der Waals surface area contributed by atoms with Gasteiger partial charge in [-0.2, -0.15) is 5.10 Å². The van der Waals surface area contributed by atoms with Gasteiger partial charge in [-0.05, 0) is 31.5 Å². The van der Waals surface area contributed by atoms with Crippen LogP contribution in [0.1, 0.15) is 35.8 Å². The number of amides is 2. The van der Waals surface area contributed by atoms with Gasteiger partial charge in [0.2, 0.25) is 5.91 Å². The standard InChI is InChI=1S/C15H16N4O2/c1-9(2)19-13(5-6-16-19)18-15(21)11-4-3-10-8-14(20)17-12(10)7-11/h3-7,9H,8H2,1-2H3,(H,17,20)(H,18,21). The number of carbonyl (C=O) groups excluding carboxylic acids is 2. The smallest absolute Gasteiger partial charge is 0.256 e. The molecule has 2 amide bonds. The summed E-state index contributed by atoms with van der Waals surface area (Å²) in [7, 11) is 0. The Balaban J connectivity index is 1.82. The quantitative estimate of drug-likeness (QED) is 0.907. The maximum Gasteiger partial charge on any atom is 0.256 e. The molecule has 2 aromatic rings. The minimum absolute atomic E-state index is 0.0413. The van der Waals surface area contributed by atoms with Crippen molar-refractivity contribution in [3.05, 3.63) is 41.6 Å². The lowest BCUT2D eigenvalue weighted by atomic mass is 10.1. The number of benzene rings is 1. The van der Waals surface area contributed by atoms with Crippen LogP contribution < -0.4 is 10.6 Å². The second-order valence-corrected chi connectivity index (χ2v) is 5.31. The minimum atomic E-state index is -0.221. The number of fused-ring (bicyclic) bond motifs is 1. The molecule has 108 valence electrons. The first kappa shape index (κ1) is 13.4. The van der Waals surface area contributed by atoms with Crippen LogP contribution in [-0.4, -0.2) is 21.6 Å². The van der Waals surface area contributed by atoms with Gasteiger partial charge in [-0.1, -0.05) is 6.07 Å². The Morgan fingerprint density at radius 3 is 2.95 bits per heavy atom. The molecule has 0 aliphatic carbocycles. The van der Waals surface area contributed by atoms with Crippen LogP contribution in [0.15, 0.2) is 30.5 Å². The Labute approximate surface area is 122 Å². The van der Waals surface area contributed by atoms with E-state index < -0.39 is 0 Å². The molecule has 0 atom stereocenters. The third kappa shape index (κ3) is 2.52. The summed E-state index contributed by atoms with van der Waals surface area (Å²) < 4.78 is 1.74. The van der Waals surface area contributed by atoms with E-state index in [1.165, 1.54) is 0 Å². The molecule has 0 saturated heterocycles. The van der Waals surface area contributed by atoms with Gasteiger partial charge in [-0.25, -0.2) is 4.68 Å². The van der Waals surface area contributed by atoms with Crippen LogP contribution in [0.5, 0.6) is 0 Å². The molecular weight excluding hydrogens is 268 g/mol. The molecule has 6 nitrogen and oxygen atoms in total.